The first-order valence-electron chi connectivity index (χ1n) is 6.68. The van der Waals surface area contributed by atoms with Gasteiger partial charge in [0.25, 0.3) is 0 Å². The maximum Gasteiger partial charge on any atom is 0.161 e. The SMILES string of the molecule is CC(C)n1c(-c2cnccn2)nc2cc(CN)ccc21. The molecule has 5 nitrogen and oxygen atoms in total. The van der Waals surface area contributed by atoms with E-state index in [1.807, 2.05) is 12.1 Å². The van der Waals surface area contributed by atoms with Crippen LogP contribution in [0.3, 0.4) is 0 Å². The molecule has 3 rings (SSSR count). The van der Waals surface area contributed by atoms with E-state index in [2.05, 4.69) is 34.4 Å². The second kappa shape index (κ2) is 5.02. The molecule has 0 unspecified atom stereocenters. The quantitative estimate of drug-likeness (QED) is 0.791. The van der Waals surface area contributed by atoms with E-state index >= 15 is 0 Å². The molecule has 0 fully saturated rings. The number of benzene rings is 1. The first-order valence-corrected chi connectivity index (χ1v) is 6.68. The van der Waals surface area contributed by atoms with Gasteiger partial charge in [-0.25, -0.2) is 9.97 Å². The van der Waals surface area contributed by atoms with Crippen molar-refractivity contribution in [3.8, 4) is 11.5 Å². The molecule has 0 aliphatic rings. The van der Waals surface area contributed by atoms with Crippen molar-refractivity contribution in [1.82, 2.24) is 19.5 Å². The standard InChI is InChI=1S/C15H17N5/c1-10(2)20-14-4-3-11(8-16)7-12(14)19-15(20)13-9-17-5-6-18-13/h3-7,9-10H,8,16H2,1-2H3. The molecule has 0 amide bonds. The number of hydrogen-bond donors (Lipinski definition) is 1. The fraction of sp³-hybridized carbons (Fsp3) is 0.267. The van der Waals surface area contributed by atoms with Crippen molar-refractivity contribution in [3.05, 3.63) is 42.4 Å². The fourth-order valence-electron chi connectivity index (χ4n) is 2.39. The van der Waals surface area contributed by atoms with Crippen LogP contribution in [0.2, 0.25) is 0 Å². The summed E-state index contributed by atoms with van der Waals surface area (Å²) in [7, 11) is 0. The molecular formula is C15H17N5. The van der Waals surface area contributed by atoms with Gasteiger partial charge in [0.15, 0.2) is 5.82 Å². The van der Waals surface area contributed by atoms with E-state index in [9.17, 15) is 0 Å². The maximum absolute atomic E-state index is 5.70. The third-order valence-electron chi connectivity index (χ3n) is 3.30. The topological polar surface area (TPSA) is 69.6 Å². The molecule has 2 aromatic heterocycles. The molecule has 0 radical (unpaired) electrons. The highest BCUT2D eigenvalue weighted by Gasteiger charge is 2.16. The van der Waals surface area contributed by atoms with Crippen LogP contribution in [0.25, 0.3) is 22.6 Å². The van der Waals surface area contributed by atoms with Crippen LogP contribution < -0.4 is 5.73 Å². The Morgan fingerprint density at radius 2 is 2.10 bits per heavy atom. The van der Waals surface area contributed by atoms with Crippen LogP contribution in [0.1, 0.15) is 25.5 Å². The highest BCUT2D eigenvalue weighted by Crippen LogP contribution is 2.27. The number of hydrogen-bond acceptors (Lipinski definition) is 4. The third-order valence-corrected chi connectivity index (χ3v) is 3.30. The van der Waals surface area contributed by atoms with E-state index in [0.29, 0.717) is 12.6 Å². The summed E-state index contributed by atoms with van der Waals surface area (Å²) < 4.78 is 2.18. The minimum absolute atomic E-state index is 0.292. The van der Waals surface area contributed by atoms with Crippen molar-refractivity contribution in [2.75, 3.05) is 0 Å². The second-order valence-corrected chi connectivity index (χ2v) is 5.02. The van der Waals surface area contributed by atoms with Gasteiger partial charge in [0.05, 0.1) is 17.2 Å². The molecule has 5 heteroatoms. The third kappa shape index (κ3) is 2.06. The van der Waals surface area contributed by atoms with Gasteiger partial charge in [0, 0.05) is 25.0 Å². The van der Waals surface area contributed by atoms with Gasteiger partial charge >= 0.3 is 0 Å². The lowest BCUT2D eigenvalue weighted by Crippen LogP contribution is -2.04. The van der Waals surface area contributed by atoms with Crippen molar-refractivity contribution < 1.29 is 0 Å². The van der Waals surface area contributed by atoms with Gasteiger partial charge in [-0.3, -0.25) is 4.98 Å². The highest BCUT2D eigenvalue weighted by atomic mass is 15.1. The molecule has 20 heavy (non-hydrogen) atoms. The zero-order valence-corrected chi connectivity index (χ0v) is 11.6. The molecule has 0 aliphatic carbocycles. The lowest BCUT2D eigenvalue weighted by molar-refractivity contribution is 0.623. The molecule has 2 heterocycles. The van der Waals surface area contributed by atoms with Crippen LogP contribution >= 0.6 is 0 Å². The van der Waals surface area contributed by atoms with Gasteiger partial charge in [-0.1, -0.05) is 6.07 Å². The first kappa shape index (κ1) is 12.7. The summed E-state index contributed by atoms with van der Waals surface area (Å²) in [4.78, 5) is 13.2. The van der Waals surface area contributed by atoms with E-state index in [0.717, 1.165) is 28.1 Å². The molecule has 0 atom stereocenters. The molecular weight excluding hydrogens is 250 g/mol. The van der Waals surface area contributed by atoms with E-state index in [4.69, 9.17) is 10.7 Å². The van der Waals surface area contributed by atoms with Crippen molar-refractivity contribution >= 4 is 11.0 Å². The average molecular weight is 267 g/mol. The number of aromatic nitrogens is 4. The Hall–Kier alpha value is -2.27. The van der Waals surface area contributed by atoms with Gasteiger partial charge in [0.1, 0.15) is 5.69 Å². The number of imidazole rings is 1. The number of nitrogens with zero attached hydrogens (tertiary/aromatic N) is 4. The van der Waals surface area contributed by atoms with Gasteiger partial charge in [-0.15, -0.1) is 0 Å². The summed E-state index contributed by atoms with van der Waals surface area (Å²) in [5.74, 6) is 0.845. The molecule has 3 aromatic rings. The summed E-state index contributed by atoms with van der Waals surface area (Å²) >= 11 is 0. The summed E-state index contributed by atoms with van der Waals surface area (Å²) in [6, 6.07) is 6.45. The maximum atomic E-state index is 5.70. The molecule has 0 spiro atoms. The predicted octanol–water partition coefficient (Wildman–Crippen LogP) is 2.53. The van der Waals surface area contributed by atoms with Crippen LogP contribution in [0, 0.1) is 0 Å². The molecule has 102 valence electrons. The second-order valence-electron chi connectivity index (χ2n) is 5.02. The summed E-state index contributed by atoms with van der Waals surface area (Å²) in [6.45, 7) is 4.79. The van der Waals surface area contributed by atoms with E-state index in [1.165, 1.54) is 0 Å². The summed E-state index contributed by atoms with van der Waals surface area (Å²) in [6.07, 6.45) is 5.09. The molecule has 2 N–H and O–H groups in total. The van der Waals surface area contributed by atoms with Crippen LogP contribution in [0.5, 0.6) is 0 Å². The average Bonchev–Trinajstić information content (AvgIpc) is 2.86. The number of rotatable bonds is 3. The minimum atomic E-state index is 0.292. The molecule has 0 saturated carbocycles. The predicted molar refractivity (Wildman–Crippen MR) is 79.0 cm³/mol. The van der Waals surface area contributed by atoms with Crippen molar-refractivity contribution in [2.45, 2.75) is 26.4 Å². The van der Waals surface area contributed by atoms with Gasteiger partial charge < -0.3 is 10.3 Å². The largest absolute Gasteiger partial charge is 0.326 e. The monoisotopic (exact) mass is 267 g/mol. The van der Waals surface area contributed by atoms with E-state index in [-0.39, 0.29) is 0 Å². The van der Waals surface area contributed by atoms with Gasteiger partial charge in [-0.2, -0.15) is 0 Å². The van der Waals surface area contributed by atoms with Crippen molar-refractivity contribution in [1.29, 1.82) is 0 Å². The molecule has 0 saturated heterocycles. The Kier molecular flexibility index (Phi) is 3.20. The Labute approximate surface area is 117 Å². The van der Waals surface area contributed by atoms with E-state index in [1.54, 1.807) is 18.6 Å². The Balaban J connectivity index is 2.28. The van der Waals surface area contributed by atoms with Crippen molar-refractivity contribution in [3.63, 3.8) is 0 Å². The van der Waals surface area contributed by atoms with Crippen LogP contribution in [-0.4, -0.2) is 19.5 Å². The lowest BCUT2D eigenvalue weighted by atomic mass is 10.2. The minimum Gasteiger partial charge on any atom is -0.326 e. The Bertz CT molecular complexity index is 731. The van der Waals surface area contributed by atoms with Gasteiger partial charge in [0.2, 0.25) is 0 Å². The number of nitrogens with two attached hydrogens (primary N) is 1. The smallest absolute Gasteiger partial charge is 0.161 e. The van der Waals surface area contributed by atoms with Gasteiger partial charge in [-0.05, 0) is 31.5 Å². The summed E-state index contributed by atoms with van der Waals surface area (Å²) in [5.41, 5.74) is 9.61. The molecule has 0 aliphatic heterocycles. The summed E-state index contributed by atoms with van der Waals surface area (Å²) in [5, 5.41) is 0. The highest BCUT2D eigenvalue weighted by molar-refractivity contribution is 5.80. The molecule has 1 aromatic carbocycles. The Morgan fingerprint density at radius 1 is 1.25 bits per heavy atom. The lowest BCUT2D eigenvalue weighted by Gasteiger charge is -2.12. The van der Waals surface area contributed by atoms with Crippen LogP contribution in [0.15, 0.2) is 36.8 Å². The number of fused-ring (bicyclic) bond motifs is 1. The fourth-order valence-corrected chi connectivity index (χ4v) is 2.39. The first-order chi connectivity index (χ1) is 9.70. The van der Waals surface area contributed by atoms with Crippen LogP contribution in [-0.2, 0) is 6.54 Å². The van der Waals surface area contributed by atoms with Crippen molar-refractivity contribution in [2.24, 2.45) is 5.73 Å². The Morgan fingerprint density at radius 3 is 2.75 bits per heavy atom. The normalized spacial score (nSPS) is 11.4. The zero-order valence-electron chi connectivity index (χ0n) is 11.6. The van der Waals surface area contributed by atoms with Crippen LogP contribution in [0.4, 0.5) is 0 Å². The molecule has 0 bridgehead atoms. The van der Waals surface area contributed by atoms with E-state index < -0.39 is 0 Å². The zero-order chi connectivity index (χ0) is 14.1.